The van der Waals surface area contributed by atoms with Gasteiger partial charge in [0, 0.05) is 41.8 Å². The van der Waals surface area contributed by atoms with Gasteiger partial charge in [-0.15, -0.1) is 0 Å². The van der Waals surface area contributed by atoms with Crippen LogP contribution in [0.3, 0.4) is 0 Å². The lowest BCUT2D eigenvalue weighted by atomic mass is 9.98. The van der Waals surface area contributed by atoms with Crippen molar-refractivity contribution in [2.45, 2.75) is 38.4 Å². The van der Waals surface area contributed by atoms with Gasteiger partial charge in [-0.1, -0.05) is 11.6 Å². The summed E-state index contributed by atoms with van der Waals surface area (Å²) in [6, 6.07) is 5.44. The molecule has 0 radical (unpaired) electrons. The molecule has 0 spiro atoms. The summed E-state index contributed by atoms with van der Waals surface area (Å²) in [4.78, 5) is 12.9. The molecule has 104 valence electrons. The van der Waals surface area contributed by atoms with E-state index in [1.165, 1.54) is 6.07 Å². The molecule has 2 N–H and O–H groups in total. The van der Waals surface area contributed by atoms with Crippen molar-refractivity contribution in [1.29, 1.82) is 0 Å². The maximum Gasteiger partial charge on any atom is 0.275 e. The number of hydrogen-bond donors (Lipinski definition) is 1. The van der Waals surface area contributed by atoms with Gasteiger partial charge in [-0.3, -0.25) is 15.0 Å². The Kier molecular flexibility index (Phi) is 4.39. The summed E-state index contributed by atoms with van der Waals surface area (Å²) in [6.45, 7) is 3.56. The largest absolute Gasteiger partial charge is 0.328 e. The minimum Gasteiger partial charge on any atom is -0.328 e. The van der Waals surface area contributed by atoms with E-state index in [-0.39, 0.29) is 16.7 Å². The highest BCUT2D eigenvalue weighted by atomic mass is 35.5. The summed E-state index contributed by atoms with van der Waals surface area (Å²) in [5, 5.41) is 11.5. The van der Waals surface area contributed by atoms with E-state index < -0.39 is 0 Å². The van der Waals surface area contributed by atoms with E-state index >= 15 is 0 Å². The van der Waals surface area contributed by atoms with Crippen LogP contribution in [0.15, 0.2) is 18.2 Å². The normalized spacial score (nSPS) is 24.4. The van der Waals surface area contributed by atoms with Gasteiger partial charge in [0.2, 0.25) is 0 Å². The molecule has 1 aliphatic rings. The topological polar surface area (TPSA) is 72.4 Å². The molecule has 0 amide bonds. The fraction of sp³-hybridized carbons (Fsp3) is 0.538. The molecule has 1 fully saturated rings. The quantitative estimate of drug-likeness (QED) is 0.683. The van der Waals surface area contributed by atoms with Crippen LogP contribution in [0.5, 0.6) is 0 Å². The van der Waals surface area contributed by atoms with Crippen molar-refractivity contribution in [1.82, 2.24) is 4.90 Å². The fourth-order valence-electron chi connectivity index (χ4n) is 2.55. The molecule has 0 aliphatic carbocycles. The molecule has 1 saturated heterocycles. The van der Waals surface area contributed by atoms with Crippen LogP contribution in [0.1, 0.15) is 25.3 Å². The van der Waals surface area contributed by atoms with E-state index in [1.807, 2.05) is 0 Å². The Labute approximate surface area is 117 Å². The zero-order chi connectivity index (χ0) is 14.0. The molecular weight excluding hydrogens is 266 g/mol. The second-order valence-electron chi connectivity index (χ2n) is 5.13. The van der Waals surface area contributed by atoms with Crippen LogP contribution in [-0.4, -0.2) is 28.5 Å². The number of rotatable bonds is 3. The van der Waals surface area contributed by atoms with Crippen LogP contribution in [0.4, 0.5) is 5.69 Å². The van der Waals surface area contributed by atoms with Crippen molar-refractivity contribution in [3.8, 4) is 0 Å². The number of halogens is 1. The number of hydrogen-bond acceptors (Lipinski definition) is 4. The standard InChI is InChI=1S/C13H18ClN3O2/c1-9-6-12(15)4-5-16(9)8-10-2-3-11(14)7-13(10)17(18)19/h2-3,7,9,12H,4-6,8,15H2,1H3. The predicted molar refractivity (Wildman–Crippen MR) is 75.2 cm³/mol. The Hall–Kier alpha value is -1.17. The molecule has 19 heavy (non-hydrogen) atoms. The molecule has 1 aromatic rings. The van der Waals surface area contributed by atoms with Crippen molar-refractivity contribution in [2.24, 2.45) is 5.73 Å². The second-order valence-corrected chi connectivity index (χ2v) is 5.57. The van der Waals surface area contributed by atoms with Crippen LogP contribution in [0.25, 0.3) is 0 Å². The van der Waals surface area contributed by atoms with E-state index in [9.17, 15) is 10.1 Å². The number of piperidine rings is 1. The van der Waals surface area contributed by atoms with Gasteiger partial charge in [-0.05, 0) is 31.9 Å². The molecule has 1 heterocycles. The number of nitrogens with two attached hydrogens (primary N) is 1. The van der Waals surface area contributed by atoms with Crippen molar-refractivity contribution in [2.75, 3.05) is 6.54 Å². The lowest BCUT2D eigenvalue weighted by Crippen LogP contribution is -2.45. The van der Waals surface area contributed by atoms with Crippen molar-refractivity contribution < 1.29 is 4.92 Å². The number of nitro groups is 1. The van der Waals surface area contributed by atoms with Crippen LogP contribution in [0.2, 0.25) is 5.02 Å². The molecule has 0 saturated carbocycles. The Balaban J connectivity index is 2.17. The summed E-state index contributed by atoms with van der Waals surface area (Å²) in [5.41, 5.74) is 6.72. The van der Waals surface area contributed by atoms with Gasteiger partial charge >= 0.3 is 0 Å². The lowest BCUT2D eigenvalue weighted by Gasteiger charge is -2.36. The first-order valence-electron chi connectivity index (χ1n) is 6.40. The number of nitro benzene ring substituents is 1. The van der Waals surface area contributed by atoms with Gasteiger partial charge in [0.15, 0.2) is 0 Å². The molecule has 0 bridgehead atoms. The fourth-order valence-corrected chi connectivity index (χ4v) is 2.72. The lowest BCUT2D eigenvalue weighted by molar-refractivity contribution is -0.385. The van der Waals surface area contributed by atoms with Crippen LogP contribution >= 0.6 is 11.6 Å². The number of likely N-dealkylation sites (tertiary alicyclic amines) is 1. The van der Waals surface area contributed by atoms with Crippen LogP contribution < -0.4 is 5.73 Å². The Morgan fingerprint density at radius 3 is 2.95 bits per heavy atom. The molecule has 2 unspecified atom stereocenters. The van der Waals surface area contributed by atoms with Crippen molar-refractivity contribution in [3.05, 3.63) is 38.9 Å². The maximum absolute atomic E-state index is 11.1. The van der Waals surface area contributed by atoms with Gasteiger partial charge in [0.1, 0.15) is 0 Å². The molecule has 0 aromatic heterocycles. The summed E-state index contributed by atoms with van der Waals surface area (Å²) >= 11 is 5.82. The third-order valence-electron chi connectivity index (χ3n) is 3.67. The maximum atomic E-state index is 11.1. The summed E-state index contributed by atoms with van der Waals surface area (Å²) in [5.74, 6) is 0. The van der Waals surface area contributed by atoms with Crippen molar-refractivity contribution >= 4 is 17.3 Å². The molecule has 2 rings (SSSR count). The van der Waals surface area contributed by atoms with E-state index in [0.717, 1.165) is 19.4 Å². The van der Waals surface area contributed by atoms with E-state index in [1.54, 1.807) is 12.1 Å². The van der Waals surface area contributed by atoms with E-state index in [0.29, 0.717) is 23.2 Å². The highest BCUT2D eigenvalue weighted by molar-refractivity contribution is 6.30. The minimum atomic E-state index is -0.373. The van der Waals surface area contributed by atoms with E-state index in [4.69, 9.17) is 17.3 Å². The van der Waals surface area contributed by atoms with Gasteiger partial charge < -0.3 is 5.73 Å². The molecule has 2 atom stereocenters. The average molecular weight is 284 g/mol. The third-order valence-corrected chi connectivity index (χ3v) is 3.91. The van der Waals surface area contributed by atoms with Gasteiger partial charge in [-0.2, -0.15) is 0 Å². The average Bonchev–Trinajstić information content (AvgIpc) is 2.34. The zero-order valence-electron chi connectivity index (χ0n) is 10.9. The highest BCUT2D eigenvalue weighted by Gasteiger charge is 2.25. The van der Waals surface area contributed by atoms with Gasteiger partial charge in [0.05, 0.1) is 4.92 Å². The van der Waals surface area contributed by atoms with Gasteiger partial charge in [-0.25, -0.2) is 0 Å². The van der Waals surface area contributed by atoms with Crippen LogP contribution in [-0.2, 0) is 6.54 Å². The zero-order valence-corrected chi connectivity index (χ0v) is 11.6. The van der Waals surface area contributed by atoms with E-state index in [2.05, 4.69) is 11.8 Å². The highest BCUT2D eigenvalue weighted by Crippen LogP contribution is 2.26. The molecular formula is C13H18ClN3O2. The second kappa shape index (κ2) is 5.86. The number of nitrogens with zero attached hydrogens (tertiary/aromatic N) is 2. The SMILES string of the molecule is CC1CC(N)CCN1Cc1ccc(Cl)cc1[N+](=O)[O-]. The van der Waals surface area contributed by atoms with Crippen molar-refractivity contribution in [3.63, 3.8) is 0 Å². The minimum absolute atomic E-state index is 0.0922. The van der Waals surface area contributed by atoms with Crippen LogP contribution in [0, 0.1) is 10.1 Å². The predicted octanol–water partition coefficient (Wildman–Crippen LogP) is 2.56. The summed E-state index contributed by atoms with van der Waals surface area (Å²) in [6.07, 6.45) is 1.87. The summed E-state index contributed by atoms with van der Waals surface area (Å²) < 4.78 is 0. The summed E-state index contributed by atoms with van der Waals surface area (Å²) in [7, 11) is 0. The molecule has 5 nitrogen and oxygen atoms in total. The first-order chi connectivity index (χ1) is 8.97. The number of benzene rings is 1. The molecule has 1 aromatic carbocycles. The Morgan fingerprint density at radius 2 is 2.32 bits per heavy atom. The molecule has 1 aliphatic heterocycles. The first kappa shape index (κ1) is 14.2. The Bertz CT molecular complexity index is 481. The van der Waals surface area contributed by atoms with Gasteiger partial charge in [0.25, 0.3) is 5.69 Å². The Morgan fingerprint density at radius 1 is 1.58 bits per heavy atom. The molecule has 6 heteroatoms. The smallest absolute Gasteiger partial charge is 0.275 e. The monoisotopic (exact) mass is 283 g/mol. The third kappa shape index (κ3) is 3.43. The first-order valence-corrected chi connectivity index (χ1v) is 6.77.